The summed E-state index contributed by atoms with van der Waals surface area (Å²) in [5.74, 6) is 0.815. The first-order chi connectivity index (χ1) is 14.5. The van der Waals surface area contributed by atoms with Crippen LogP contribution in [0.25, 0.3) is 0 Å². The number of ether oxygens (including phenoxy) is 1. The summed E-state index contributed by atoms with van der Waals surface area (Å²) in [5, 5.41) is 0.630. The van der Waals surface area contributed by atoms with E-state index in [9.17, 15) is 9.59 Å². The zero-order chi connectivity index (χ0) is 21.1. The molecule has 0 aliphatic carbocycles. The third-order valence-corrected chi connectivity index (χ3v) is 5.86. The van der Waals surface area contributed by atoms with Crippen LogP contribution in [0.2, 0.25) is 5.02 Å². The van der Waals surface area contributed by atoms with Gasteiger partial charge in [0.25, 0.3) is 0 Å². The minimum atomic E-state index is -0.138. The molecule has 2 fully saturated rings. The Bertz CT molecular complexity index is 913. The van der Waals surface area contributed by atoms with E-state index < -0.39 is 0 Å². The van der Waals surface area contributed by atoms with Crippen molar-refractivity contribution in [3.05, 3.63) is 53.6 Å². The molecule has 0 N–H and O–H groups in total. The Balaban J connectivity index is 1.31. The van der Waals surface area contributed by atoms with Gasteiger partial charge in [-0.15, -0.1) is 0 Å². The van der Waals surface area contributed by atoms with Crippen molar-refractivity contribution < 1.29 is 14.3 Å². The minimum absolute atomic E-state index is 0.00778. The van der Waals surface area contributed by atoms with Crippen LogP contribution in [0.1, 0.15) is 0 Å². The first-order valence-corrected chi connectivity index (χ1v) is 10.4. The van der Waals surface area contributed by atoms with Gasteiger partial charge in [-0.2, -0.15) is 0 Å². The van der Waals surface area contributed by atoms with Gasteiger partial charge in [-0.1, -0.05) is 17.7 Å². The molecular weight excluding hydrogens is 404 g/mol. The van der Waals surface area contributed by atoms with Crippen molar-refractivity contribution in [3.63, 3.8) is 0 Å². The molecule has 0 bridgehead atoms. The number of urea groups is 1. The van der Waals surface area contributed by atoms with Crippen molar-refractivity contribution in [3.8, 4) is 5.75 Å². The fourth-order valence-electron chi connectivity index (χ4n) is 3.87. The van der Waals surface area contributed by atoms with E-state index in [1.807, 2.05) is 41.3 Å². The maximum absolute atomic E-state index is 12.8. The molecule has 0 unspecified atom stereocenters. The number of piperazine rings is 1. The van der Waals surface area contributed by atoms with E-state index in [-0.39, 0.29) is 18.5 Å². The molecule has 8 heteroatoms. The second-order valence-electron chi connectivity index (χ2n) is 7.40. The van der Waals surface area contributed by atoms with Crippen molar-refractivity contribution in [1.29, 1.82) is 0 Å². The third-order valence-electron chi connectivity index (χ3n) is 5.61. The molecular formula is C22H25ClN4O3. The van der Waals surface area contributed by atoms with Crippen molar-refractivity contribution in [2.45, 2.75) is 0 Å². The van der Waals surface area contributed by atoms with Gasteiger partial charge in [0, 0.05) is 61.7 Å². The Labute approximate surface area is 181 Å². The lowest BCUT2D eigenvalue weighted by Gasteiger charge is -2.36. The van der Waals surface area contributed by atoms with Crippen LogP contribution >= 0.6 is 11.6 Å². The summed E-state index contributed by atoms with van der Waals surface area (Å²) in [5.41, 5.74) is 1.89. The predicted octanol–water partition coefficient (Wildman–Crippen LogP) is 2.94. The summed E-state index contributed by atoms with van der Waals surface area (Å²) >= 11 is 5.93. The van der Waals surface area contributed by atoms with Crippen LogP contribution in [0.3, 0.4) is 0 Å². The number of methoxy groups -OCH3 is 1. The quantitative estimate of drug-likeness (QED) is 0.734. The molecule has 0 atom stereocenters. The van der Waals surface area contributed by atoms with Gasteiger partial charge >= 0.3 is 6.03 Å². The maximum Gasteiger partial charge on any atom is 0.325 e. The van der Waals surface area contributed by atoms with Crippen LogP contribution in [0.15, 0.2) is 48.5 Å². The molecule has 2 saturated heterocycles. The van der Waals surface area contributed by atoms with Gasteiger partial charge in [0.15, 0.2) is 0 Å². The molecule has 2 aliphatic heterocycles. The molecule has 30 heavy (non-hydrogen) atoms. The largest absolute Gasteiger partial charge is 0.497 e. The monoisotopic (exact) mass is 428 g/mol. The second-order valence-corrected chi connectivity index (χ2v) is 7.84. The molecule has 3 amide bonds. The Morgan fingerprint density at radius 3 is 2.40 bits per heavy atom. The number of anilines is 2. The third kappa shape index (κ3) is 4.31. The van der Waals surface area contributed by atoms with Crippen LogP contribution < -0.4 is 14.5 Å². The Morgan fingerprint density at radius 2 is 1.70 bits per heavy atom. The first-order valence-electron chi connectivity index (χ1n) is 10.0. The summed E-state index contributed by atoms with van der Waals surface area (Å²) in [6.07, 6.45) is 0. The van der Waals surface area contributed by atoms with Gasteiger partial charge in [-0.3, -0.25) is 9.69 Å². The molecule has 2 heterocycles. The summed E-state index contributed by atoms with van der Waals surface area (Å²) in [6.45, 7) is 4.00. The van der Waals surface area contributed by atoms with Gasteiger partial charge in [-0.05, 0) is 36.4 Å². The fraction of sp³-hybridized carbons (Fsp3) is 0.364. The summed E-state index contributed by atoms with van der Waals surface area (Å²) < 4.78 is 5.30. The lowest BCUT2D eigenvalue weighted by molar-refractivity contribution is -0.131. The number of carbonyl (C=O) groups excluding carboxylic acids is 2. The number of hydrogen-bond donors (Lipinski definition) is 0. The Morgan fingerprint density at radius 1 is 0.967 bits per heavy atom. The van der Waals surface area contributed by atoms with Gasteiger partial charge in [-0.25, -0.2) is 4.79 Å². The van der Waals surface area contributed by atoms with Crippen molar-refractivity contribution in [1.82, 2.24) is 9.80 Å². The molecule has 0 spiro atoms. The van der Waals surface area contributed by atoms with Crippen LogP contribution in [0.4, 0.5) is 16.2 Å². The van der Waals surface area contributed by atoms with E-state index in [0.717, 1.165) is 30.2 Å². The normalized spacial score (nSPS) is 16.9. The highest BCUT2D eigenvalue weighted by molar-refractivity contribution is 6.30. The van der Waals surface area contributed by atoms with E-state index in [4.69, 9.17) is 16.3 Å². The van der Waals surface area contributed by atoms with E-state index in [2.05, 4.69) is 4.90 Å². The van der Waals surface area contributed by atoms with E-state index in [0.29, 0.717) is 31.2 Å². The van der Waals surface area contributed by atoms with Crippen LogP contribution in [0.5, 0.6) is 5.75 Å². The van der Waals surface area contributed by atoms with E-state index in [1.54, 1.807) is 29.0 Å². The maximum atomic E-state index is 12.8. The lowest BCUT2D eigenvalue weighted by Crippen LogP contribution is -2.51. The highest BCUT2D eigenvalue weighted by atomic mass is 35.5. The molecule has 0 aromatic heterocycles. The number of benzene rings is 2. The molecule has 0 saturated carbocycles. The van der Waals surface area contributed by atoms with E-state index in [1.165, 1.54) is 0 Å². The van der Waals surface area contributed by atoms with Gasteiger partial charge < -0.3 is 19.4 Å². The standard InChI is InChI=1S/C22H25ClN4O3/c1-30-20-4-2-3-19(15-20)24-9-11-25(12-10-24)21(28)16-26-13-14-27(22(26)29)18-7-5-17(23)6-8-18/h2-8,15H,9-14,16H2,1H3. The predicted molar refractivity (Wildman–Crippen MR) is 118 cm³/mol. The highest BCUT2D eigenvalue weighted by Gasteiger charge is 2.32. The van der Waals surface area contributed by atoms with Gasteiger partial charge in [0.1, 0.15) is 12.3 Å². The SMILES string of the molecule is COc1cccc(N2CCN(C(=O)CN3CCN(c4ccc(Cl)cc4)C3=O)CC2)c1. The molecule has 2 aromatic carbocycles. The number of rotatable bonds is 5. The molecule has 158 valence electrons. The minimum Gasteiger partial charge on any atom is -0.497 e. The first kappa shape index (κ1) is 20.3. The molecule has 7 nitrogen and oxygen atoms in total. The fourth-order valence-corrected chi connectivity index (χ4v) is 4.00. The second kappa shape index (κ2) is 8.83. The zero-order valence-corrected chi connectivity index (χ0v) is 17.7. The summed E-state index contributed by atoms with van der Waals surface area (Å²) in [4.78, 5) is 32.9. The molecule has 2 aliphatic rings. The number of hydrogen-bond acceptors (Lipinski definition) is 4. The van der Waals surface area contributed by atoms with Gasteiger partial charge in [0.2, 0.25) is 5.91 Å². The number of carbonyl (C=O) groups is 2. The number of halogens is 1. The Hall–Kier alpha value is -2.93. The summed E-state index contributed by atoms with van der Waals surface area (Å²) in [7, 11) is 1.66. The summed E-state index contributed by atoms with van der Waals surface area (Å²) in [6, 6.07) is 15.0. The van der Waals surface area contributed by atoms with Crippen molar-refractivity contribution in [2.24, 2.45) is 0 Å². The smallest absolute Gasteiger partial charge is 0.325 e. The zero-order valence-electron chi connectivity index (χ0n) is 17.0. The van der Waals surface area contributed by atoms with Crippen LogP contribution in [0, 0.1) is 0 Å². The van der Waals surface area contributed by atoms with Crippen molar-refractivity contribution >= 4 is 34.9 Å². The topological polar surface area (TPSA) is 56.3 Å². The van der Waals surface area contributed by atoms with E-state index >= 15 is 0 Å². The van der Waals surface area contributed by atoms with Crippen LogP contribution in [-0.2, 0) is 4.79 Å². The average Bonchev–Trinajstić information content (AvgIpc) is 3.14. The average molecular weight is 429 g/mol. The van der Waals surface area contributed by atoms with Crippen LogP contribution in [-0.4, -0.2) is 74.7 Å². The number of nitrogens with zero attached hydrogens (tertiary/aromatic N) is 4. The molecule has 4 rings (SSSR count). The Kier molecular flexibility index (Phi) is 5.99. The highest BCUT2D eigenvalue weighted by Crippen LogP contribution is 2.24. The lowest BCUT2D eigenvalue weighted by atomic mass is 10.2. The molecule has 0 radical (unpaired) electrons. The molecule has 2 aromatic rings. The van der Waals surface area contributed by atoms with Gasteiger partial charge in [0.05, 0.1) is 7.11 Å². The number of amides is 3. The van der Waals surface area contributed by atoms with Crippen molar-refractivity contribution in [2.75, 3.05) is 62.7 Å².